The van der Waals surface area contributed by atoms with Gasteiger partial charge in [0, 0.05) is 13.2 Å². The molecule has 0 amide bonds. The van der Waals surface area contributed by atoms with Gasteiger partial charge in [0.25, 0.3) is 0 Å². The van der Waals surface area contributed by atoms with Gasteiger partial charge >= 0.3 is 0 Å². The third-order valence-corrected chi connectivity index (χ3v) is 3.49. The summed E-state index contributed by atoms with van der Waals surface area (Å²) in [4.78, 5) is 0. The van der Waals surface area contributed by atoms with Gasteiger partial charge in [-0.2, -0.15) is 0 Å². The van der Waals surface area contributed by atoms with Gasteiger partial charge in [-0.05, 0) is 56.4 Å². The third kappa shape index (κ3) is 3.95. The quantitative estimate of drug-likeness (QED) is 0.780. The monoisotopic (exact) mass is 280 g/mol. The first-order valence-corrected chi connectivity index (χ1v) is 7.41. The minimum absolute atomic E-state index is 0.342. The molecule has 1 aromatic rings. The Kier molecular flexibility index (Phi) is 5.83. The zero-order valence-electron chi connectivity index (χ0n) is 12.3. The first-order chi connectivity index (χ1) is 9.74. The van der Waals surface area contributed by atoms with Crippen molar-refractivity contribution in [1.29, 1.82) is 0 Å². The van der Waals surface area contributed by atoms with Crippen LogP contribution in [0.3, 0.4) is 0 Å². The molecule has 0 spiro atoms. The number of benzene rings is 1. The van der Waals surface area contributed by atoms with Gasteiger partial charge in [-0.1, -0.05) is 6.07 Å². The molecule has 0 bridgehead atoms. The fourth-order valence-electron chi connectivity index (χ4n) is 2.52. The van der Waals surface area contributed by atoms with Crippen LogP contribution in [0.5, 0.6) is 5.75 Å². The maximum absolute atomic E-state index is 10.0. The first kappa shape index (κ1) is 15.3. The van der Waals surface area contributed by atoms with Crippen LogP contribution in [0.25, 0.3) is 0 Å². The van der Waals surface area contributed by atoms with Crippen LogP contribution >= 0.6 is 0 Å². The van der Waals surface area contributed by atoms with Crippen molar-refractivity contribution in [2.75, 3.05) is 19.8 Å². The highest BCUT2D eigenvalue weighted by molar-refractivity contribution is 5.38. The molecule has 2 rings (SSSR count). The molecule has 4 heteroatoms. The van der Waals surface area contributed by atoms with Crippen molar-refractivity contribution in [2.45, 2.75) is 45.5 Å². The summed E-state index contributed by atoms with van der Waals surface area (Å²) in [6.07, 6.45) is 2.21. The van der Waals surface area contributed by atoms with E-state index in [2.05, 4.69) is 0 Å². The van der Waals surface area contributed by atoms with E-state index in [9.17, 15) is 5.11 Å². The number of hydrogen-bond acceptors (Lipinski definition) is 4. The lowest BCUT2D eigenvalue weighted by molar-refractivity contribution is -0.152. The Hall–Kier alpha value is -1.10. The molecule has 0 fully saturated rings. The number of aliphatic hydroxyl groups is 1. The smallest absolute Gasteiger partial charge is 0.191 e. The zero-order chi connectivity index (χ0) is 14.4. The largest absolute Gasteiger partial charge is 0.488 e. The molecule has 1 atom stereocenters. The molecule has 1 aliphatic rings. The van der Waals surface area contributed by atoms with Gasteiger partial charge < -0.3 is 19.3 Å². The van der Waals surface area contributed by atoms with Crippen LogP contribution in [-0.2, 0) is 15.9 Å². The van der Waals surface area contributed by atoms with Gasteiger partial charge in [0.2, 0.25) is 0 Å². The molecule has 1 aliphatic carbocycles. The fraction of sp³-hybridized carbons (Fsp3) is 0.625. The molecule has 4 nitrogen and oxygen atoms in total. The van der Waals surface area contributed by atoms with Crippen molar-refractivity contribution in [3.63, 3.8) is 0 Å². The van der Waals surface area contributed by atoms with Gasteiger partial charge in [0.1, 0.15) is 12.4 Å². The van der Waals surface area contributed by atoms with E-state index in [1.807, 2.05) is 32.0 Å². The second kappa shape index (κ2) is 7.62. The van der Waals surface area contributed by atoms with E-state index in [1.54, 1.807) is 0 Å². The molecule has 0 unspecified atom stereocenters. The SMILES string of the molecule is CCOC(COc1ccc2c(c1)[C@@H](O)CCC2)OCC. The van der Waals surface area contributed by atoms with Crippen LogP contribution in [0.2, 0.25) is 0 Å². The highest BCUT2D eigenvalue weighted by Crippen LogP contribution is 2.32. The summed E-state index contributed by atoms with van der Waals surface area (Å²) in [5.74, 6) is 0.758. The van der Waals surface area contributed by atoms with Gasteiger partial charge in [0.05, 0.1) is 6.10 Å². The molecule has 1 N–H and O–H groups in total. The highest BCUT2D eigenvalue weighted by Gasteiger charge is 2.18. The first-order valence-electron chi connectivity index (χ1n) is 7.41. The van der Waals surface area contributed by atoms with Crippen molar-refractivity contribution in [1.82, 2.24) is 0 Å². The summed E-state index contributed by atoms with van der Waals surface area (Å²) in [6, 6.07) is 5.93. The summed E-state index contributed by atoms with van der Waals surface area (Å²) < 4.78 is 16.6. The Morgan fingerprint density at radius 3 is 2.70 bits per heavy atom. The van der Waals surface area contributed by atoms with Crippen LogP contribution in [0, 0.1) is 0 Å². The predicted molar refractivity (Wildman–Crippen MR) is 76.9 cm³/mol. The van der Waals surface area contributed by atoms with Crippen molar-refractivity contribution in [3.05, 3.63) is 29.3 Å². The molecular formula is C16H24O4. The maximum atomic E-state index is 10.0. The molecule has 0 aromatic heterocycles. The average molecular weight is 280 g/mol. The van der Waals surface area contributed by atoms with Gasteiger partial charge in [-0.3, -0.25) is 0 Å². The van der Waals surface area contributed by atoms with E-state index in [0.29, 0.717) is 19.8 Å². The van der Waals surface area contributed by atoms with Gasteiger partial charge in [0.15, 0.2) is 6.29 Å². The number of ether oxygens (including phenoxy) is 3. The second-order valence-corrected chi connectivity index (χ2v) is 4.92. The summed E-state index contributed by atoms with van der Waals surface area (Å²) >= 11 is 0. The fourth-order valence-corrected chi connectivity index (χ4v) is 2.52. The van der Waals surface area contributed by atoms with E-state index in [0.717, 1.165) is 30.6 Å². The standard InChI is InChI=1S/C16H24O4/c1-3-18-16(19-4-2)11-20-13-9-8-12-6-5-7-15(17)14(12)10-13/h8-10,15-17H,3-7,11H2,1-2H3/t15-/m0/s1. The Labute approximate surface area is 120 Å². The molecule has 0 heterocycles. The van der Waals surface area contributed by atoms with Crippen molar-refractivity contribution in [2.24, 2.45) is 0 Å². The number of fused-ring (bicyclic) bond motifs is 1. The van der Waals surface area contributed by atoms with Crippen LogP contribution in [-0.4, -0.2) is 31.2 Å². The van der Waals surface area contributed by atoms with E-state index in [4.69, 9.17) is 14.2 Å². The molecule has 0 radical (unpaired) electrons. The lowest BCUT2D eigenvalue weighted by atomic mass is 9.89. The van der Waals surface area contributed by atoms with E-state index < -0.39 is 0 Å². The summed E-state index contributed by atoms with van der Waals surface area (Å²) in [7, 11) is 0. The molecule has 0 aliphatic heterocycles. The normalized spacial score (nSPS) is 18.1. The minimum atomic E-state index is -0.364. The summed E-state index contributed by atoms with van der Waals surface area (Å²) in [6.45, 7) is 5.41. The van der Waals surface area contributed by atoms with Crippen LogP contribution in [0.1, 0.15) is 43.9 Å². The number of rotatable bonds is 7. The molecular weight excluding hydrogens is 256 g/mol. The lowest BCUT2D eigenvalue weighted by Crippen LogP contribution is -2.25. The maximum Gasteiger partial charge on any atom is 0.191 e. The topological polar surface area (TPSA) is 47.9 Å². The minimum Gasteiger partial charge on any atom is -0.488 e. The van der Waals surface area contributed by atoms with Crippen molar-refractivity contribution in [3.8, 4) is 5.75 Å². The lowest BCUT2D eigenvalue weighted by Gasteiger charge is -2.23. The van der Waals surface area contributed by atoms with Crippen molar-refractivity contribution >= 4 is 0 Å². The molecule has 0 saturated heterocycles. The molecule has 112 valence electrons. The zero-order valence-corrected chi connectivity index (χ0v) is 12.3. The molecule has 20 heavy (non-hydrogen) atoms. The summed E-state index contributed by atoms with van der Waals surface area (Å²) in [5, 5.41) is 10.0. The van der Waals surface area contributed by atoms with Crippen molar-refractivity contribution < 1.29 is 19.3 Å². The van der Waals surface area contributed by atoms with Crippen LogP contribution in [0.4, 0.5) is 0 Å². The predicted octanol–water partition coefficient (Wildman–Crippen LogP) is 2.83. The van der Waals surface area contributed by atoms with Gasteiger partial charge in [-0.15, -0.1) is 0 Å². The Morgan fingerprint density at radius 1 is 1.25 bits per heavy atom. The third-order valence-electron chi connectivity index (χ3n) is 3.49. The Bertz CT molecular complexity index is 413. The average Bonchev–Trinajstić information content (AvgIpc) is 2.46. The van der Waals surface area contributed by atoms with E-state index in [-0.39, 0.29) is 12.4 Å². The number of aryl methyl sites for hydroxylation is 1. The van der Waals surface area contributed by atoms with Gasteiger partial charge in [-0.25, -0.2) is 0 Å². The van der Waals surface area contributed by atoms with E-state index in [1.165, 1.54) is 5.56 Å². The summed E-state index contributed by atoms with van der Waals surface area (Å²) in [5.41, 5.74) is 2.22. The van der Waals surface area contributed by atoms with Crippen LogP contribution in [0.15, 0.2) is 18.2 Å². The number of aliphatic hydroxyl groups excluding tert-OH is 1. The number of hydrogen-bond donors (Lipinski definition) is 1. The Morgan fingerprint density at radius 2 is 2.00 bits per heavy atom. The molecule has 1 aromatic carbocycles. The second-order valence-electron chi connectivity index (χ2n) is 4.92. The highest BCUT2D eigenvalue weighted by atomic mass is 16.7. The Balaban J connectivity index is 1.97. The molecule has 0 saturated carbocycles. The van der Waals surface area contributed by atoms with Crippen LogP contribution < -0.4 is 4.74 Å². The van der Waals surface area contributed by atoms with E-state index >= 15 is 0 Å².